The average Bonchev–Trinajstić information content (AvgIpc) is 3.19. The highest BCUT2D eigenvalue weighted by atomic mass is 32.2. The number of hydrogen-bond acceptors (Lipinski definition) is 4. The molecule has 0 aromatic heterocycles. The lowest BCUT2D eigenvalue weighted by Crippen LogP contribution is -2.17. The average molecular weight is 471 g/mol. The Bertz CT molecular complexity index is 1410. The molecule has 0 saturated heterocycles. The molecule has 3 aromatic carbocycles. The van der Waals surface area contributed by atoms with E-state index in [0.717, 1.165) is 36.0 Å². The first-order chi connectivity index (χ1) is 15.0. The second-order valence-electron chi connectivity index (χ2n) is 8.29. The van der Waals surface area contributed by atoms with E-state index in [-0.39, 0.29) is 15.5 Å². The van der Waals surface area contributed by atoms with Crippen molar-refractivity contribution < 1.29 is 16.8 Å². The normalized spacial score (nSPS) is 13.6. The Balaban J connectivity index is 1.63. The summed E-state index contributed by atoms with van der Waals surface area (Å²) in [4.78, 5) is 0.161. The molecule has 0 aliphatic heterocycles. The third kappa shape index (κ3) is 4.52. The maximum Gasteiger partial charge on any atom is 0.261 e. The molecule has 0 saturated carbocycles. The highest BCUT2D eigenvalue weighted by molar-refractivity contribution is 7.93. The van der Waals surface area contributed by atoms with Crippen LogP contribution in [0, 0.1) is 20.8 Å². The summed E-state index contributed by atoms with van der Waals surface area (Å²) in [5.41, 5.74) is 5.41. The molecule has 8 heteroatoms. The molecule has 0 spiro atoms. The van der Waals surface area contributed by atoms with Crippen molar-refractivity contribution in [3.63, 3.8) is 0 Å². The summed E-state index contributed by atoms with van der Waals surface area (Å²) in [6.07, 6.45) is 2.86. The molecule has 0 bridgehead atoms. The van der Waals surface area contributed by atoms with E-state index >= 15 is 0 Å². The van der Waals surface area contributed by atoms with Gasteiger partial charge in [0.15, 0.2) is 0 Å². The molecule has 3 aromatic rings. The van der Waals surface area contributed by atoms with E-state index < -0.39 is 20.0 Å². The first-order valence-corrected chi connectivity index (χ1v) is 13.4. The molecule has 0 heterocycles. The van der Waals surface area contributed by atoms with E-state index in [1.54, 1.807) is 31.2 Å². The van der Waals surface area contributed by atoms with Crippen molar-refractivity contribution in [1.29, 1.82) is 0 Å². The number of fused-ring (bicyclic) bond motifs is 1. The van der Waals surface area contributed by atoms with Gasteiger partial charge in [0.2, 0.25) is 0 Å². The van der Waals surface area contributed by atoms with E-state index in [4.69, 9.17) is 0 Å². The molecule has 1 aliphatic rings. The predicted octanol–water partition coefficient (Wildman–Crippen LogP) is 4.70. The van der Waals surface area contributed by atoms with Gasteiger partial charge in [-0.05, 0) is 92.6 Å². The van der Waals surface area contributed by atoms with Crippen LogP contribution in [0.3, 0.4) is 0 Å². The fourth-order valence-corrected chi connectivity index (χ4v) is 6.26. The van der Waals surface area contributed by atoms with Crippen LogP contribution in [0.25, 0.3) is 0 Å². The van der Waals surface area contributed by atoms with Gasteiger partial charge in [-0.25, -0.2) is 16.8 Å². The summed E-state index contributed by atoms with van der Waals surface area (Å²) in [6.45, 7) is 5.50. The maximum absolute atomic E-state index is 13.0. The van der Waals surface area contributed by atoms with E-state index in [9.17, 15) is 16.8 Å². The Morgan fingerprint density at radius 2 is 1.25 bits per heavy atom. The summed E-state index contributed by atoms with van der Waals surface area (Å²) in [5.74, 6) is 0. The van der Waals surface area contributed by atoms with Gasteiger partial charge in [0.1, 0.15) is 0 Å². The largest absolute Gasteiger partial charge is 0.279 e. The van der Waals surface area contributed by atoms with Gasteiger partial charge in [-0.3, -0.25) is 9.44 Å². The SMILES string of the molecule is Cc1ccc(NS(=O)(=O)c2ccc(C)c(NS(=O)(=O)c3ccc4c(c3)CCC4)c2)c(C)c1. The van der Waals surface area contributed by atoms with Crippen LogP contribution in [0.1, 0.15) is 34.2 Å². The van der Waals surface area contributed by atoms with Gasteiger partial charge in [-0.1, -0.05) is 29.8 Å². The topological polar surface area (TPSA) is 92.3 Å². The molecule has 2 N–H and O–H groups in total. The summed E-state index contributed by atoms with van der Waals surface area (Å²) in [6, 6.07) is 15.0. The Morgan fingerprint density at radius 1 is 0.625 bits per heavy atom. The van der Waals surface area contributed by atoms with Crippen molar-refractivity contribution in [3.8, 4) is 0 Å². The summed E-state index contributed by atoms with van der Waals surface area (Å²) >= 11 is 0. The molecule has 0 amide bonds. The van der Waals surface area contributed by atoms with Crippen molar-refractivity contribution in [2.45, 2.75) is 49.8 Å². The number of rotatable bonds is 6. The van der Waals surface area contributed by atoms with Crippen molar-refractivity contribution in [2.24, 2.45) is 0 Å². The Hall–Kier alpha value is -2.84. The van der Waals surface area contributed by atoms with Crippen molar-refractivity contribution in [3.05, 3.63) is 82.4 Å². The van der Waals surface area contributed by atoms with E-state index in [1.165, 1.54) is 17.7 Å². The standard InChI is InChI=1S/C24H26N2O4S2/c1-16-7-12-23(18(3)13-16)25-32(29,30)22-10-8-17(2)24(15-22)26-31(27,28)21-11-9-19-5-4-6-20(19)14-21/h7-15,25-26H,4-6H2,1-3H3. The maximum atomic E-state index is 13.0. The Labute approximate surface area is 189 Å². The van der Waals surface area contributed by atoms with Gasteiger partial charge in [0, 0.05) is 0 Å². The number of anilines is 2. The molecule has 32 heavy (non-hydrogen) atoms. The van der Waals surface area contributed by atoms with Gasteiger partial charge < -0.3 is 0 Å². The van der Waals surface area contributed by atoms with Gasteiger partial charge >= 0.3 is 0 Å². The number of aryl methyl sites for hydroxylation is 5. The van der Waals surface area contributed by atoms with Crippen molar-refractivity contribution in [2.75, 3.05) is 9.44 Å². The van der Waals surface area contributed by atoms with E-state index in [0.29, 0.717) is 11.3 Å². The monoisotopic (exact) mass is 470 g/mol. The van der Waals surface area contributed by atoms with E-state index in [1.807, 2.05) is 32.0 Å². The zero-order valence-electron chi connectivity index (χ0n) is 18.3. The third-order valence-corrected chi connectivity index (χ3v) is 8.50. The minimum Gasteiger partial charge on any atom is -0.279 e. The Kier molecular flexibility index (Phi) is 5.77. The second-order valence-corrected chi connectivity index (χ2v) is 11.7. The molecular formula is C24H26N2O4S2. The van der Waals surface area contributed by atoms with Crippen LogP contribution in [0.15, 0.2) is 64.4 Å². The molecule has 0 unspecified atom stereocenters. The minimum atomic E-state index is -3.90. The van der Waals surface area contributed by atoms with Crippen LogP contribution in [0.2, 0.25) is 0 Å². The van der Waals surface area contributed by atoms with Gasteiger partial charge in [0.05, 0.1) is 21.2 Å². The molecule has 1 aliphatic carbocycles. The molecule has 0 radical (unpaired) electrons. The summed E-state index contributed by atoms with van der Waals surface area (Å²) in [7, 11) is -7.76. The predicted molar refractivity (Wildman–Crippen MR) is 127 cm³/mol. The van der Waals surface area contributed by atoms with Crippen LogP contribution in [-0.2, 0) is 32.9 Å². The van der Waals surface area contributed by atoms with Crippen LogP contribution >= 0.6 is 0 Å². The van der Waals surface area contributed by atoms with Crippen LogP contribution < -0.4 is 9.44 Å². The van der Waals surface area contributed by atoms with Crippen LogP contribution in [-0.4, -0.2) is 16.8 Å². The van der Waals surface area contributed by atoms with Gasteiger partial charge in [-0.2, -0.15) is 0 Å². The number of hydrogen-bond donors (Lipinski definition) is 2. The van der Waals surface area contributed by atoms with Gasteiger partial charge in [0.25, 0.3) is 20.0 Å². The number of benzene rings is 3. The lowest BCUT2D eigenvalue weighted by molar-refractivity contribution is 0.598. The lowest BCUT2D eigenvalue weighted by atomic mass is 10.1. The summed E-state index contributed by atoms with van der Waals surface area (Å²) < 4.78 is 57.1. The number of nitrogens with one attached hydrogen (secondary N) is 2. The molecular weight excluding hydrogens is 444 g/mol. The minimum absolute atomic E-state index is 0.0188. The lowest BCUT2D eigenvalue weighted by Gasteiger charge is -2.15. The fourth-order valence-electron chi connectivity index (χ4n) is 3.93. The fraction of sp³-hybridized carbons (Fsp3) is 0.250. The molecule has 4 rings (SSSR count). The summed E-state index contributed by atoms with van der Waals surface area (Å²) in [5, 5.41) is 0. The molecule has 0 fully saturated rings. The smallest absolute Gasteiger partial charge is 0.261 e. The second kappa shape index (κ2) is 8.26. The molecule has 168 valence electrons. The molecule has 0 atom stereocenters. The first-order valence-electron chi connectivity index (χ1n) is 10.4. The van der Waals surface area contributed by atoms with Crippen LogP contribution in [0.4, 0.5) is 11.4 Å². The quantitative estimate of drug-likeness (QED) is 0.546. The first kappa shape index (κ1) is 22.4. The van der Waals surface area contributed by atoms with Crippen molar-refractivity contribution >= 4 is 31.4 Å². The highest BCUT2D eigenvalue weighted by Crippen LogP contribution is 2.28. The van der Waals surface area contributed by atoms with Gasteiger partial charge in [-0.15, -0.1) is 0 Å². The van der Waals surface area contributed by atoms with E-state index in [2.05, 4.69) is 9.44 Å². The number of sulfonamides is 2. The zero-order chi connectivity index (χ0) is 23.1. The van der Waals surface area contributed by atoms with Crippen LogP contribution in [0.5, 0.6) is 0 Å². The van der Waals surface area contributed by atoms with Crippen molar-refractivity contribution in [1.82, 2.24) is 0 Å². The molecule has 6 nitrogen and oxygen atoms in total. The highest BCUT2D eigenvalue weighted by Gasteiger charge is 2.21. The Morgan fingerprint density at radius 3 is 1.97 bits per heavy atom. The zero-order valence-corrected chi connectivity index (χ0v) is 19.9. The third-order valence-electron chi connectivity index (χ3n) is 5.77.